The van der Waals surface area contributed by atoms with Gasteiger partial charge in [0.1, 0.15) is 22.5 Å². The van der Waals surface area contributed by atoms with E-state index in [1.807, 2.05) is 31.2 Å². The topological polar surface area (TPSA) is 96.4 Å². The lowest BCUT2D eigenvalue weighted by Crippen LogP contribution is -2.50. The van der Waals surface area contributed by atoms with Crippen LogP contribution in [0.25, 0.3) is 11.1 Å². The molecule has 2 aromatic rings. The van der Waals surface area contributed by atoms with Crippen LogP contribution in [0.3, 0.4) is 0 Å². The Morgan fingerprint density at radius 3 is 2.62 bits per heavy atom. The van der Waals surface area contributed by atoms with E-state index in [1.54, 1.807) is 51.1 Å². The number of benzene rings is 2. The molecule has 8 nitrogen and oxygen atoms in total. The third-order valence-corrected chi connectivity index (χ3v) is 8.27. The van der Waals surface area contributed by atoms with Crippen LogP contribution < -0.4 is 9.47 Å². The first-order valence-electron chi connectivity index (χ1n) is 11.4. The molecule has 1 N–H and O–H groups in total. The fourth-order valence-electron chi connectivity index (χ4n) is 4.07. The van der Waals surface area contributed by atoms with Gasteiger partial charge in [0.15, 0.2) is 0 Å². The number of ether oxygens (including phenoxy) is 2. The Balaban J connectivity index is 2.12. The number of sulfonamides is 1. The molecule has 1 amide bonds. The highest BCUT2D eigenvalue weighted by atomic mass is 32.2. The largest absolute Gasteiger partial charge is 0.497 e. The van der Waals surface area contributed by atoms with Gasteiger partial charge in [-0.2, -0.15) is 4.31 Å². The number of aliphatic hydroxyl groups excluding tert-OH is 1. The van der Waals surface area contributed by atoms with Crippen LogP contribution in [0.5, 0.6) is 11.5 Å². The molecule has 1 aliphatic heterocycles. The first-order chi connectivity index (χ1) is 16.1. The number of hydrogen-bond donors (Lipinski definition) is 1. The Hall–Kier alpha value is -2.62. The first-order valence-corrected chi connectivity index (χ1v) is 12.9. The van der Waals surface area contributed by atoms with Gasteiger partial charge >= 0.3 is 0 Å². The highest BCUT2D eigenvalue weighted by molar-refractivity contribution is 7.89. The average molecular weight is 491 g/mol. The molecule has 1 heterocycles. The zero-order chi connectivity index (χ0) is 25.0. The van der Waals surface area contributed by atoms with Crippen molar-refractivity contribution in [2.45, 2.75) is 44.2 Å². The number of methoxy groups -OCH3 is 1. The van der Waals surface area contributed by atoms with E-state index in [1.165, 1.54) is 4.31 Å². The standard InChI is InChI=1S/C25H34N2O6S/c1-6-25(29)26(4)15-23-17(2)14-27(18(3)16-28)34(30,31)24-11-10-20(13-22(24)33-23)19-8-7-9-21(12-19)32-5/h7-13,17-18,23,28H,6,14-16H2,1-5H3/t17-,18-,23+/m1/s1. The van der Waals surface area contributed by atoms with E-state index >= 15 is 0 Å². The van der Waals surface area contributed by atoms with Gasteiger partial charge in [-0.3, -0.25) is 4.79 Å². The Bertz CT molecular complexity index is 1120. The zero-order valence-electron chi connectivity index (χ0n) is 20.4. The van der Waals surface area contributed by atoms with Gasteiger partial charge < -0.3 is 19.5 Å². The van der Waals surface area contributed by atoms with Gasteiger partial charge in [0, 0.05) is 32.0 Å². The first kappa shape index (κ1) is 26.0. The number of carbonyl (C=O) groups is 1. The number of carbonyl (C=O) groups excluding carboxylic acids is 1. The molecule has 0 radical (unpaired) electrons. The molecule has 3 atom stereocenters. The van der Waals surface area contributed by atoms with Crippen LogP contribution >= 0.6 is 0 Å². The van der Waals surface area contributed by atoms with Crippen molar-refractivity contribution in [3.05, 3.63) is 42.5 Å². The molecular weight excluding hydrogens is 456 g/mol. The third-order valence-electron chi connectivity index (χ3n) is 6.25. The zero-order valence-corrected chi connectivity index (χ0v) is 21.2. The second-order valence-corrected chi connectivity index (χ2v) is 10.6. The fourth-order valence-corrected chi connectivity index (χ4v) is 5.89. The summed E-state index contributed by atoms with van der Waals surface area (Å²) < 4.78 is 40.2. The monoisotopic (exact) mass is 490 g/mol. The summed E-state index contributed by atoms with van der Waals surface area (Å²) >= 11 is 0. The van der Waals surface area contributed by atoms with Gasteiger partial charge in [0.05, 0.1) is 20.3 Å². The lowest BCUT2D eigenvalue weighted by molar-refractivity contribution is -0.131. The minimum Gasteiger partial charge on any atom is -0.497 e. The Morgan fingerprint density at radius 1 is 1.26 bits per heavy atom. The molecule has 1 aliphatic rings. The number of likely N-dealkylation sites (N-methyl/N-ethyl adjacent to an activating group) is 1. The van der Waals surface area contributed by atoms with Crippen molar-refractivity contribution in [3.8, 4) is 22.6 Å². The lowest BCUT2D eigenvalue weighted by Gasteiger charge is -2.37. The van der Waals surface area contributed by atoms with Crippen LogP contribution in [-0.2, 0) is 14.8 Å². The van der Waals surface area contributed by atoms with Crippen LogP contribution in [0.4, 0.5) is 0 Å². The minimum atomic E-state index is -3.93. The van der Waals surface area contributed by atoms with E-state index in [4.69, 9.17) is 9.47 Å². The molecule has 186 valence electrons. The molecule has 0 fully saturated rings. The summed E-state index contributed by atoms with van der Waals surface area (Å²) in [5.74, 6) is 0.664. The summed E-state index contributed by atoms with van der Waals surface area (Å²) in [6.45, 7) is 5.56. The maximum Gasteiger partial charge on any atom is 0.247 e. The van der Waals surface area contributed by atoms with Crippen LogP contribution in [0.15, 0.2) is 47.4 Å². The molecule has 0 saturated heterocycles. The van der Waals surface area contributed by atoms with E-state index in [-0.39, 0.29) is 35.6 Å². The second kappa shape index (κ2) is 10.8. The van der Waals surface area contributed by atoms with Gasteiger partial charge in [0.25, 0.3) is 0 Å². The number of nitrogens with zero attached hydrogens (tertiary/aromatic N) is 2. The quantitative estimate of drug-likeness (QED) is 0.641. The van der Waals surface area contributed by atoms with Gasteiger partial charge in [-0.25, -0.2) is 8.42 Å². The maximum atomic E-state index is 13.6. The summed E-state index contributed by atoms with van der Waals surface area (Å²) in [5, 5.41) is 9.77. The third kappa shape index (κ3) is 5.37. The second-order valence-electron chi connectivity index (χ2n) is 8.76. The molecule has 2 aromatic carbocycles. The fraction of sp³-hybridized carbons (Fsp3) is 0.480. The smallest absolute Gasteiger partial charge is 0.247 e. The lowest BCUT2D eigenvalue weighted by atomic mass is 10.0. The molecule has 0 spiro atoms. The number of aliphatic hydroxyl groups is 1. The number of amides is 1. The maximum absolute atomic E-state index is 13.6. The molecular formula is C25H34N2O6S. The Labute approximate surface area is 202 Å². The molecule has 0 unspecified atom stereocenters. The predicted molar refractivity (Wildman–Crippen MR) is 130 cm³/mol. The summed E-state index contributed by atoms with van der Waals surface area (Å²) in [6, 6.07) is 11.9. The highest BCUT2D eigenvalue weighted by Gasteiger charge is 2.38. The van der Waals surface area contributed by atoms with Gasteiger partial charge in [-0.15, -0.1) is 0 Å². The molecule has 0 aliphatic carbocycles. The van der Waals surface area contributed by atoms with Crippen molar-refractivity contribution >= 4 is 15.9 Å². The van der Waals surface area contributed by atoms with Crippen molar-refractivity contribution in [2.75, 3.05) is 33.9 Å². The SMILES string of the molecule is CCC(=O)N(C)C[C@@H]1Oc2cc(-c3cccc(OC)c3)ccc2S(=O)(=O)N([C@H](C)CO)C[C@H]1C. The minimum absolute atomic E-state index is 0.0172. The van der Waals surface area contributed by atoms with E-state index < -0.39 is 22.2 Å². The average Bonchev–Trinajstić information content (AvgIpc) is 2.84. The summed E-state index contributed by atoms with van der Waals surface area (Å²) in [5.41, 5.74) is 1.63. The van der Waals surface area contributed by atoms with Crippen LogP contribution in [-0.4, -0.2) is 74.6 Å². The van der Waals surface area contributed by atoms with Gasteiger partial charge in [0.2, 0.25) is 15.9 Å². The number of rotatable bonds is 7. The van der Waals surface area contributed by atoms with E-state index in [2.05, 4.69) is 0 Å². The summed E-state index contributed by atoms with van der Waals surface area (Å²) in [4.78, 5) is 13.9. The number of hydrogen-bond acceptors (Lipinski definition) is 6. The van der Waals surface area contributed by atoms with E-state index in [0.717, 1.165) is 11.1 Å². The normalized spacial score (nSPS) is 20.9. The van der Waals surface area contributed by atoms with Crippen LogP contribution in [0, 0.1) is 5.92 Å². The molecule has 0 bridgehead atoms. The summed E-state index contributed by atoms with van der Waals surface area (Å²) in [6.07, 6.45) is -0.0698. The molecule has 0 saturated carbocycles. The van der Waals surface area contributed by atoms with Crippen molar-refractivity contribution in [1.82, 2.24) is 9.21 Å². The van der Waals surface area contributed by atoms with Crippen molar-refractivity contribution in [3.63, 3.8) is 0 Å². The van der Waals surface area contributed by atoms with Gasteiger partial charge in [-0.05, 0) is 42.3 Å². The summed E-state index contributed by atoms with van der Waals surface area (Å²) in [7, 11) is -0.618. The molecule has 3 rings (SSSR count). The molecule has 9 heteroatoms. The van der Waals surface area contributed by atoms with Crippen LogP contribution in [0.2, 0.25) is 0 Å². The van der Waals surface area contributed by atoms with E-state index in [0.29, 0.717) is 18.7 Å². The van der Waals surface area contributed by atoms with Crippen molar-refractivity contribution in [1.29, 1.82) is 0 Å². The number of fused-ring (bicyclic) bond motifs is 1. The Morgan fingerprint density at radius 2 is 1.97 bits per heavy atom. The van der Waals surface area contributed by atoms with Crippen molar-refractivity contribution < 1.29 is 27.8 Å². The van der Waals surface area contributed by atoms with Gasteiger partial charge in [-0.1, -0.05) is 32.0 Å². The van der Waals surface area contributed by atoms with Crippen molar-refractivity contribution in [2.24, 2.45) is 5.92 Å². The highest BCUT2D eigenvalue weighted by Crippen LogP contribution is 2.37. The van der Waals surface area contributed by atoms with Crippen LogP contribution in [0.1, 0.15) is 27.2 Å². The Kier molecular flexibility index (Phi) is 8.22. The molecule has 34 heavy (non-hydrogen) atoms. The van der Waals surface area contributed by atoms with E-state index in [9.17, 15) is 18.3 Å². The molecule has 0 aromatic heterocycles. The predicted octanol–water partition coefficient (Wildman–Crippen LogP) is 3.00.